The van der Waals surface area contributed by atoms with Crippen LogP contribution in [0.1, 0.15) is 17.0 Å². The van der Waals surface area contributed by atoms with E-state index in [2.05, 4.69) is 29.1 Å². The molecule has 0 bridgehead atoms. The molecule has 94 valence electrons. The number of hydrogen-bond acceptors (Lipinski definition) is 3. The quantitative estimate of drug-likeness (QED) is 0.893. The Hall–Kier alpha value is -1.74. The normalized spacial score (nSPS) is 10.6. The molecule has 0 aliphatic heterocycles. The Bertz CT molecular complexity index is 498. The van der Waals surface area contributed by atoms with Crippen LogP contribution in [0.25, 0.3) is 11.4 Å². The summed E-state index contributed by atoms with van der Waals surface area (Å²) in [4.78, 5) is 9.24. The van der Waals surface area contributed by atoms with Gasteiger partial charge in [-0.15, -0.1) is 0 Å². The molecule has 0 saturated carbocycles. The summed E-state index contributed by atoms with van der Waals surface area (Å²) >= 11 is 0. The van der Waals surface area contributed by atoms with Gasteiger partial charge in [-0.3, -0.25) is 0 Å². The molecule has 3 nitrogen and oxygen atoms in total. The van der Waals surface area contributed by atoms with Crippen LogP contribution in [-0.2, 0) is 6.42 Å². The monoisotopic (exact) mass is 241 g/mol. The van der Waals surface area contributed by atoms with E-state index in [4.69, 9.17) is 0 Å². The van der Waals surface area contributed by atoms with E-state index in [0.29, 0.717) is 0 Å². The Balaban J connectivity index is 2.36. The Labute approximate surface area is 108 Å². The Morgan fingerprint density at radius 3 is 2.17 bits per heavy atom. The van der Waals surface area contributed by atoms with Gasteiger partial charge in [0.1, 0.15) is 0 Å². The summed E-state index contributed by atoms with van der Waals surface area (Å²) in [6, 6.07) is 10.1. The van der Waals surface area contributed by atoms with Gasteiger partial charge >= 0.3 is 0 Å². The second kappa shape index (κ2) is 5.74. The number of nitrogens with zero attached hydrogens (tertiary/aromatic N) is 2. The lowest BCUT2D eigenvalue weighted by Gasteiger charge is -2.10. The first kappa shape index (κ1) is 12.7. The van der Waals surface area contributed by atoms with E-state index in [1.54, 1.807) is 0 Å². The lowest BCUT2D eigenvalue weighted by Crippen LogP contribution is -2.13. The summed E-state index contributed by atoms with van der Waals surface area (Å²) in [7, 11) is 1.96. The molecule has 1 aromatic carbocycles. The third-order valence-corrected chi connectivity index (χ3v) is 3.08. The third kappa shape index (κ3) is 2.74. The lowest BCUT2D eigenvalue weighted by molar-refractivity contribution is 0.774. The zero-order valence-corrected chi connectivity index (χ0v) is 11.2. The van der Waals surface area contributed by atoms with E-state index in [0.717, 1.165) is 35.7 Å². The van der Waals surface area contributed by atoms with Gasteiger partial charge in [-0.25, -0.2) is 9.97 Å². The van der Waals surface area contributed by atoms with Gasteiger partial charge in [0.15, 0.2) is 5.82 Å². The molecule has 1 heterocycles. The number of rotatable bonds is 4. The van der Waals surface area contributed by atoms with Gasteiger partial charge in [-0.1, -0.05) is 30.3 Å². The molecule has 18 heavy (non-hydrogen) atoms. The molecule has 0 aliphatic rings. The smallest absolute Gasteiger partial charge is 0.159 e. The van der Waals surface area contributed by atoms with Crippen molar-refractivity contribution in [1.82, 2.24) is 15.3 Å². The van der Waals surface area contributed by atoms with Gasteiger partial charge in [0, 0.05) is 17.0 Å². The van der Waals surface area contributed by atoms with E-state index < -0.39 is 0 Å². The van der Waals surface area contributed by atoms with Crippen LogP contribution in [-0.4, -0.2) is 23.6 Å². The molecule has 2 rings (SSSR count). The fraction of sp³-hybridized carbons (Fsp3) is 0.333. The van der Waals surface area contributed by atoms with Gasteiger partial charge in [-0.05, 0) is 39.4 Å². The highest BCUT2D eigenvalue weighted by atomic mass is 14.9. The van der Waals surface area contributed by atoms with Crippen LogP contribution in [0.2, 0.25) is 0 Å². The number of likely N-dealkylation sites (N-methyl/N-ethyl adjacent to an activating group) is 1. The summed E-state index contributed by atoms with van der Waals surface area (Å²) in [6.45, 7) is 5.08. The largest absolute Gasteiger partial charge is 0.319 e. The molecule has 0 atom stereocenters. The minimum absolute atomic E-state index is 0.818. The molecule has 0 spiro atoms. The second-order valence-corrected chi connectivity index (χ2v) is 4.42. The first-order valence-corrected chi connectivity index (χ1v) is 6.26. The molecule has 0 aliphatic carbocycles. The third-order valence-electron chi connectivity index (χ3n) is 3.08. The van der Waals surface area contributed by atoms with Crippen LogP contribution >= 0.6 is 0 Å². The van der Waals surface area contributed by atoms with Crippen molar-refractivity contribution in [1.29, 1.82) is 0 Å². The summed E-state index contributed by atoms with van der Waals surface area (Å²) < 4.78 is 0. The average molecular weight is 241 g/mol. The van der Waals surface area contributed by atoms with Crippen molar-refractivity contribution in [3.8, 4) is 11.4 Å². The predicted octanol–water partition coefficient (Wildman–Crippen LogP) is 2.52. The standard InChI is InChI=1S/C15H19N3/c1-11-14(9-10-16-3)12(2)18-15(17-11)13-7-5-4-6-8-13/h4-8,16H,9-10H2,1-3H3. The maximum absolute atomic E-state index is 4.62. The Kier molecular flexibility index (Phi) is 4.05. The van der Waals surface area contributed by atoms with Gasteiger partial charge in [0.05, 0.1) is 0 Å². The van der Waals surface area contributed by atoms with Crippen LogP contribution in [0.5, 0.6) is 0 Å². The molecule has 0 amide bonds. The summed E-state index contributed by atoms with van der Waals surface area (Å²) in [5.74, 6) is 0.818. The molecule has 0 fully saturated rings. The molecule has 0 radical (unpaired) electrons. The molecule has 0 saturated heterocycles. The van der Waals surface area contributed by atoms with Crippen molar-refractivity contribution in [2.45, 2.75) is 20.3 Å². The number of aryl methyl sites for hydroxylation is 2. The van der Waals surface area contributed by atoms with E-state index in [1.807, 2.05) is 37.4 Å². The topological polar surface area (TPSA) is 37.8 Å². The van der Waals surface area contributed by atoms with Crippen LogP contribution in [0.3, 0.4) is 0 Å². The number of aromatic nitrogens is 2. The van der Waals surface area contributed by atoms with Crippen molar-refractivity contribution >= 4 is 0 Å². The summed E-state index contributed by atoms with van der Waals surface area (Å²) in [5, 5.41) is 3.16. The fourth-order valence-electron chi connectivity index (χ4n) is 2.07. The van der Waals surface area contributed by atoms with E-state index in [1.165, 1.54) is 5.56 Å². The van der Waals surface area contributed by atoms with Crippen LogP contribution < -0.4 is 5.32 Å². The zero-order valence-electron chi connectivity index (χ0n) is 11.2. The second-order valence-electron chi connectivity index (χ2n) is 4.42. The van der Waals surface area contributed by atoms with E-state index >= 15 is 0 Å². The molecule has 3 heteroatoms. The van der Waals surface area contributed by atoms with Crippen LogP contribution in [0.4, 0.5) is 0 Å². The first-order valence-electron chi connectivity index (χ1n) is 6.26. The maximum atomic E-state index is 4.62. The van der Waals surface area contributed by atoms with Crippen LogP contribution in [0.15, 0.2) is 30.3 Å². The molecular formula is C15H19N3. The molecule has 0 unspecified atom stereocenters. The highest BCUT2D eigenvalue weighted by Gasteiger charge is 2.09. The fourth-order valence-corrected chi connectivity index (χ4v) is 2.07. The molecular weight excluding hydrogens is 222 g/mol. The van der Waals surface area contributed by atoms with Crippen LogP contribution in [0, 0.1) is 13.8 Å². The minimum atomic E-state index is 0.818. The number of nitrogens with one attached hydrogen (secondary N) is 1. The first-order chi connectivity index (χ1) is 8.72. The summed E-state index contributed by atoms with van der Waals surface area (Å²) in [6.07, 6.45) is 0.975. The highest BCUT2D eigenvalue weighted by Crippen LogP contribution is 2.18. The van der Waals surface area contributed by atoms with Crippen molar-refractivity contribution in [2.24, 2.45) is 0 Å². The number of hydrogen-bond donors (Lipinski definition) is 1. The molecule has 1 N–H and O–H groups in total. The van der Waals surface area contributed by atoms with Gasteiger partial charge in [0.25, 0.3) is 0 Å². The highest BCUT2D eigenvalue weighted by molar-refractivity contribution is 5.55. The lowest BCUT2D eigenvalue weighted by atomic mass is 10.1. The van der Waals surface area contributed by atoms with E-state index in [-0.39, 0.29) is 0 Å². The maximum Gasteiger partial charge on any atom is 0.159 e. The van der Waals surface area contributed by atoms with Gasteiger partial charge < -0.3 is 5.32 Å². The number of benzene rings is 1. The Morgan fingerprint density at radius 2 is 1.61 bits per heavy atom. The molecule has 1 aromatic heterocycles. The van der Waals surface area contributed by atoms with Crippen molar-refractivity contribution in [3.05, 3.63) is 47.3 Å². The molecule has 2 aromatic rings. The summed E-state index contributed by atoms with van der Waals surface area (Å²) in [5.41, 5.74) is 4.49. The van der Waals surface area contributed by atoms with Crippen molar-refractivity contribution < 1.29 is 0 Å². The van der Waals surface area contributed by atoms with Crippen molar-refractivity contribution in [2.75, 3.05) is 13.6 Å². The Morgan fingerprint density at radius 1 is 1.00 bits per heavy atom. The minimum Gasteiger partial charge on any atom is -0.319 e. The average Bonchev–Trinajstić information content (AvgIpc) is 2.39. The van der Waals surface area contributed by atoms with E-state index in [9.17, 15) is 0 Å². The van der Waals surface area contributed by atoms with Gasteiger partial charge in [-0.2, -0.15) is 0 Å². The van der Waals surface area contributed by atoms with Crippen molar-refractivity contribution in [3.63, 3.8) is 0 Å². The predicted molar refractivity (Wildman–Crippen MR) is 74.6 cm³/mol. The SMILES string of the molecule is CNCCc1c(C)nc(-c2ccccc2)nc1C. The van der Waals surface area contributed by atoms with Gasteiger partial charge in [0.2, 0.25) is 0 Å². The zero-order chi connectivity index (χ0) is 13.0.